The van der Waals surface area contributed by atoms with Gasteiger partial charge in [0, 0.05) is 37.6 Å². The van der Waals surface area contributed by atoms with Crippen molar-refractivity contribution < 1.29 is 4.79 Å². The third-order valence-electron chi connectivity index (χ3n) is 4.86. The molecule has 134 valence electrons. The first-order chi connectivity index (χ1) is 12.1. The van der Waals surface area contributed by atoms with Crippen LogP contribution in [0.3, 0.4) is 0 Å². The number of piperidine rings is 1. The highest BCUT2D eigenvalue weighted by atomic mass is 32.1. The Hall–Kier alpha value is -1.85. The molecule has 2 heterocycles. The van der Waals surface area contributed by atoms with Crippen LogP contribution < -0.4 is 5.32 Å². The first-order valence-electron chi connectivity index (χ1n) is 8.92. The molecule has 0 aliphatic carbocycles. The number of carbonyl (C=O) groups is 1. The summed E-state index contributed by atoms with van der Waals surface area (Å²) >= 11 is 1.71. The van der Waals surface area contributed by atoms with Gasteiger partial charge >= 0.3 is 6.03 Å². The molecule has 0 saturated carbocycles. The highest BCUT2D eigenvalue weighted by molar-refractivity contribution is 7.10. The fraction of sp³-hybridized carbons (Fsp3) is 0.450. The Labute approximate surface area is 154 Å². The van der Waals surface area contributed by atoms with Crippen molar-refractivity contribution in [3.8, 4) is 0 Å². The highest BCUT2D eigenvalue weighted by Crippen LogP contribution is 2.18. The van der Waals surface area contributed by atoms with Gasteiger partial charge in [0.05, 0.1) is 6.54 Å². The van der Waals surface area contributed by atoms with Crippen LogP contribution in [0.25, 0.3) is 0 Å². The van der Waals surface area contributed by atoms with Crippen molar-refractivity contribution in [2.75, 3.05) is 20.1 Å². The summed E-state index contributed by atoms with van der Waals surface area (Å²) in [5, 5.41) is 5.28. The number of urea groups is 1. The van der Waals surface area contributed by atoms with Gasteiger partial charge in [0.25, 0.3) is 0 Å². The van der Waals surface area contributed by atoms with Crippen molar-refractivity contribution in [3.63, 3.8) is 0 Å². The van der Waals surface area contributed by atoms with Crippen LogP contribution in [0, 0.1) is 6.92 Å². The third kappa shape index (κ3) is 5.06. The van der Waals surface area contributed by atoms with Gasteiger partial charge in [-0.1, -0.05) is 30.3 Å². The molecule has 1 aromatic heterocycles. The number of hydrogen-bond acceptors (Lipinski definition) is 3. The lowest BCUT2D eigenvalue weighted by Gasteiger charge is -2.33. The van der Waals surface area contributed by atoms with E-state index in [1.807, 2.05) is 7.05 Å². The highest BCUT2D eigenvalue weighted by Gasteiger charge is 2.22. The maximum absolute atomic E-state index is 12.4. The Kier molecular flexibility index (Phi) is 6.10. The van der Waals surface area contributed by atoms with E-state index in [0.29, 0.717) is 6.54 Å². The minimum absolute atomic E-state index is 0.0364. The Morgan fingerprint density at radius 2 is 1.96 bits per heavy atom. The van der Waals surface area contributed by atoms with Crippen LogP contribution in [0.2, 0.25) is 0 Å². The summed E-state index contributed by atoms with van der Waals surface area (Å²) < 4.78 is 0. The number of thiophene rings is 1. The molecule has 4 nitrogen and oxygen atoms in total. The van der Waals surface area contributed by atoms with Crippen LogP contribution in [0.1, 0.15) is 28.8 Å². The summed E-state index contributed by atoms with van der Waals surface area (Å²) in [6, 6.07) is 13.0. The normalized spacial score (nSPS) is 15.9. The van der Waals surface area contributed by atoms with Crippen LogP contribution >= 0.6 is 11.3 Å². The molecule has 1 aliphatic rings. The first-order valence-corrected chi connectivity index (χ1v) is 9.80. The lowest BCUT2D eigenvalue weighted by Crippen LogP contribution is -2.47. The molecule has 2 amide bonds. The van der Waals surface area contributed by atoms with E-state index in [2.05, 4.69) is 58.9 Å². The fourth-order valence-electron chi connectivity index (χ4n) is 3.22. The zero-order valence-corrected chi connectivity index (χ0v) is 15.9. The third-order valence-corrected chi connectivity index (χ3v) is 5.87. The summed E-state index contributed by atoms with van der Waals surface area (Å²) in [5.74, 6) is 0. The molecule has 1 saturated heterocycles. The molecule has 3 rings (SSSR count). The van der Waals surface area contributed by atoms with Crippen molar-refractivity contribution in [3.05, 3.63) is 57.8 Å². The molecule has 1 aliphatic heterocycles. The standard InChI is InChI=1S/C20H27N3OS/c1-16-10-13-25-19(16)15-22(2)20(24)21-18-8-11-23(12-9-18)14-17-6-4-3-5-7-17/h3-7,10,13,18H,8-9,11-12,14-15H2,1-2H3,(H,21,24). The molecule has 1 N–H and O–H groups in total. The van der Waals surface area contributed by atoms with Crippen LogP contribution in [0.4, 0.5) is 4.79 Å². The second kappa shape index (κ2) is 8.50. The average Bonchev–Trinajstić information content (AvgIpc) is 3.02. The van der Waals surface area contributed by atoms with Gasteiger partial charge in [-0.05, 0) is 42.3 Å². The molecule has 5 heteroatoms. The second-order valence-corrected chi connectivity index (χ2v) is 7.87. The van der Waals surface area contributed by atoms with E-state index < -0.39 is 0 Å². The summed E-state index contributed by atoms with van der Waals surface area (Å²) in [5.41, 5.74) is 2.62. The minimum atomic E-state index is 0.0364. The van der Waals surface area contributed by atoms with Crippen LogP contribution in [-0.4, -0.2) is 42.0 Å². The number of likely N-dealkylation sites (tertiary alicyclic amines) is 1. The number of aryl methyl sites for hydroxylation is 1. The van der Waals surface area contributed by atoms with E-state index in [4.69, 9.17) is 0 Å². The van der Waals surface area contributed by atoms with E-state index in [9.17, 15) is 4.79 Å². The quantitative estimate of drug-likeness (QED) is 0.882. The van der Waals surface area contributed by atoms with Crippen molar-refractivity contribution in [1.82, 2.24) is 15.1 Å². The van der Waals surface area contributed by atoms with Gasteiger partial charge in [0.1, 0.15) is 0 Å². The van der Waals surface area contributed by atoms with E-state index in [-0.39, 0.29) is 12.1 Å². The largest absolute Gasteiger partial charge is 0.335 e. The summed E-state index contributed by atoms with van der Waals surface area (Å²) in [7, 11) is 1.87. The summed E-state index contributed by atoms with van der Waals surface area (Å²) in [6.45, 7) is 5.85. The van der Waals surface area contributed by atoms with Gasteiger partial charge < -0.3 is 10.2 Å². The van der Waals surface area contributed by atoms with Gasteiger partial charge in [-0.15, -0.1) is 11.3 Å². The van der Waals surface area contributed by atoms with Gasteiger partial charge in [0.15, 0.2) is 0 Å². The lowest BCUT2D eigenvalue weighted by molar-refractivity contribution is 0.173. The molecule has 0 spiro atoms. The summed E-state index contributed by atoms with van der Waals surface area (Å²) in [6.07, 6.45) is 2.04. The smallest absolute Gasteiger partial charge is 0.317 e. The number of hydrogen-bond donors (Lipinski definition) is 1. The van der Waals surface area contributed by atoms with Crippen molar-refractivity contribution in [2.24, 2.45) is 0 Å². The lowest BCUT2D eigenvalue weighted by atomic mass is 10.0. The SMILES string of the molecule is Cc1ccsc1CN(C)C(=O)NC1CCN(Cc2ccccc2)CC1. The monoisotopic (exact) mass is 357 g/mol. The molecular weight excluding hydrogens is 330 g/mol. The number of carbonyl (C=O) groups excluding carboxylic acids is 1. The molecule has 25 heavy (non-hydrogen) atoms. The number of amides is 2. The maximum atomic E-state index is 12.4. The fourth-order valence-corrected chi connectivity index (χ4v) is 4.17. The molecule has 0 unspecified atom stereocenters. The van der Waals surface area contributed by atoms with Crippen molar-refractivity contribution in [1.29, 1.82) is 0 Å². The van der Waals surface area contributed by atoms with E-state index >= 15 is 0 Å². The molecule has 1 fully saturated rings. The number of nitrogens with zero attached hydrogens (tertiary/aromatic N) is 2. The number of benzene rings is 1. The van der Waals surface area contributed by atoms with Gasteiger partial charge in [-0.3, -0.25) is 4.90 Å². The Bertz CT molecular complexity index is 677. The zero-order chi connectivity index (χ0) is 17.6. The molecular formula is C20H27N3OS. The van der Waals surface area contributed by atoms with E-state index in [1.54, 1.807) is 16.2 Å². The molecule has 0 atom stereocenters. The van der Waals surface area contributed by atoms with Crippen LogP contribution in [0.15, 0.2) is 41.8 Å². The zero-order valence-electron chi connectivity index (χ0n) is 15.1. The van der Waals surface area contributed by atoms with Crippen molar-refractivity contribution >= 4 is 17.4 Å². The van der Waals surface area contributed by atoms with E-state index in [1.165, 1.54) is 16.0 Å². The Balaban J connectivity index is 1.42. The topological polar surface area (TPSA) is 35.6 Å². The molecule has 2 aromatic rings. The summed E-state index contributed by atoms with van der Waals surface area (Å²) in [4.78, 5) is 17.9. The number of rotatable bonds is 5. The maximum Gasteiger partial charge on any atom is 0.317 e. The van der Waals surface area contributed by atoms with E-state index in [0.717, 1.165) is 32.5 Å². The Morgan fingerprint density at radius 1 is 1.24 bits per heavy atom. The molecule has 0 radical (unpaired) electrons. The van der Waals surface area contributed by atoms with Gasteiger partial charge in [-0.2, -0.15) is 0 Å². The first kappa shape index (κ1) is 18.0. The molecule has 1 aromatic carbocycles. The minimum Gasteiger partial charge on any atom is -0.335 e. The second-order valence-electron chi connectivity index (χ2n) is 6.87. The predicted octanol–water partition coefficient (Wildman–Crippen LogP) is 3.86. The van der Waals surface area contributed by atoms with Crippen LogP contribution in [0.5, 0.6) is 0 Å². The predicted molar refractivity (Wildman–Crippen MR) is 104 cm³/mol. The average molecular weight is 358 g/mol. The van der Waals surface area contributed by atoms with Gasteiger partial charge in [0.2, 0.25) is 0 Å². The number of nitrogens with one attached hydrogen (secondary N) is 1. The van der Waals surface area contributed by atoms with Gasteiger partial charge in [-0.25, -0.2) is 4.79 Å². The van der Waals surface area contributed by atoms with Crippen molar-refractivity contribution in [2.45, 2.75) is 38.9 Å². The Morgan fingerprint density at radius 3 is 2.60 bits per heavy atom. The molecule has 0 bridgehead atoms. The van der Waals surface area contributed by atoms with Crippen LogP contribution in [-0.2, 0) is 13.1 Å².